The van der Waals surface area contributed by atoms with Crippen LogP contribution >= 0.6 is 0 Å². The minimum Gasteiger partial charge on any atom is -0.454 e. The van der Waals surface area contributed by atoms with E-state index in [9.17, 15) is 4.79 Å². The molecule has 0 fully saturated rings. The second-order valence-electron chi connectivity index (χ2n) is 5.97. The van der Waals surface area contributed by atoms with Gasteiger partial charge < -0.3 is 14.8 Å². The first-order chi connectivity index (χ1) is 11.3. The van der Waals surface area contributed by atoms with Crippen LogP contribution in [0.25, 0.3) is 0 Å². The molecule has 4 rings (SSSR count). The number of hydrogen-bond acceptors (Lipinski definition) is 4. The Kier molecular flexibility index (Phi) is 3.65. The lowest BCUT2D eigenvalue weighted by atomic mass is 9.99. The molecule has 0 spiro atoms. The summed E-state index contributed by atoms with van der Waals surface area (Å²) in [5.74, 6) is 1.45. The molecule has 23 heavy (non-hydrogen) atoms. The summed E-state index contributed by atoms with van der Waals surface area (Å²) in [4.78, 5) is 12.1. The molecule has 1 aromatic heterocycles. The minimum absolute atomic E-state index is 0.0393. The topological polar surface area (TPSA) is 65.4 Å². The normalized spacial score (nSPS) is 15.3. The summed E-state index contributed by atoms with van der Waals surface area (Å²) >= 11 is 0. The van der Waals surface area contributed by atoms with Crippen LogP contribution < -0.4 is 14.8 Å². The molecule has 0 unspecified atom stereocenters. The first-order valence-corrected chi connectivity index (χ1v) is 7.98. The molecule has 2 aromatic rings. The maximum absolute atomic E-state index is 12.1. The van der Waals surface area contributed by atoms with Crippen molar-refractivity contribution in [2.75, 3.05) is 6.79 Å². The van der Waals surface area contributed by atoms with E-state index in [1.54, 1.807) is 4.68 Å². The standard InChI is InChI=1S/C17H19N3O3/c21-17(10-20-9-13-3-1-2-4-14(13)19-20)18-8-12-5-6-15-16(7-12)23-11-22-15/h5-7,9H,1-4,8,10-11H2,(H,18,21). The summed E-state index contributed by atoms with van der Waals surface area (Å²) in [6.45, 7) is 0.989. The maximum Gasteiger partial charge on any atom is 0.241 e. The van der Waals surface area contributed by atoms with Gasteiger partial charge in [0, 0.05) is 12.7 Å². The van der Waals surface area contributed by atoms with Crippen molar-refractivity contribution in [2.45, 2.75) is 38.8 Å². The van der Waals surface area contributed by atoms with Gasteiger partial charge in [-0.15, -0.1) is 0 Å². The van der Waals surface area contributed by atoms with Crippen molar-refractivity contribution >= 4 is 5.91 Å². The van der Waals surface area contributed by atoms with Crippen LogP contribution in [0.3, 0.4) is 0 Å². The summed E-state index contributed by atoms with van der Waals surface area (Å²) in [6.07, 6.45) is 6.53. The van der Waals surface area contributed by atoms with Crippen molar-refractivity contribution in [3.05, 3.63) is 41.2 Å². The Morgan fingerprint density at radius 3 is 3.00 bits per heavy atom. The number of rotatable bonds is 4. The monoisotopic (exact) mass is 313 g/mol. The molecule has 1 aliphatic carbocycles. The molecule has 6 nitrogen and oxygen atoms in total. The molecule has 0 saturated carbocycles. The van der Waals surface area contributed by atoms with E-state index in [0.717, 1.165) is 35.6 Å². The first kappa shape index (κ1) is 14.1. The zero-order chi connectivity index (χ0) is 15.6. The van der Waals surface area contributed by atoms with E-state index in [2.05, 4.69) is 10.4 Å². The Morgan fingerprint density at radius 1 is 1.22 bits per heavy atom. The molecule has 1 aliphatic heterocycles. The fraction of sp³-hybridized carbons (Fsp3) is 0.412. The Morgan fingerprint density at radius 2 is 2.09 bits per heavy atom. The van der Waals surface area contributed by atoms with E-state index < -0.39 is 0 Å². The van der Waals surface area contributed by atoms with Gasteiger partial charge in [0.2, 0.25) is 12.7 Å². The Bertz CT molecular complexity index is 715. The van der Waals surface area contributed by atoms with Crippen LogP contribution in [0, 0.1) is 0 Å². The highest BCUT2D eigenvalue weighted by atomic mass is 16.7. The van der Waals surface area contributed by atoms with Gasteiger partial charge >= 0.3 is 0 Å². The van der Waals surface area contributed by atoms with Crippen LogP contribution in [0.4, 0.5) is 0 Å². The Hall–Kier alpha value is -2.50. The highest BCUT2D eigenvalue weighted by Crippen LogP contribution is 2.32. The molecule has 0 atom stereocenters. The zero-order valence-corrected chi connectivity index (χ0v) is 12.9. The van der Waals surface area contributed by atoms with E-state index in [0.29, 0.717) is 6.54 Å². The number of amides is 1. The summed E-state index contributed by atoms with van der Waals surface area (Å²) in [6, 6.07) is 5.70. The molecule has 2 aliphatic rings. The number of fused-ring (bicyclic) bond motifs is 2. The van der Waals surface area contributed by atoms with Crippen LogP contribution in [0.1, 0.15) is 29.7 Å². The summed E-state index contributed by atoms with van der Waals surface area (Å²) in [7, 11) is 0. The number of hydrogen-bond donors (Lipinski definition) is 1. The van der Waals surface area contributed by atoms with Crippen LogP contribution in [0.5, 0.6) is 11.5 Å². The van der Waals surface area contributed by atoms with Crippen LogP contribution in [-0.4, -0.2) is 22.5 Å². The van der Waals surface area contributed by atoms with E-state index in [1.807, 2.05) is 24.4 Å². The number of nitrogens with one attached hydrogen (secondary N) is 1. The lowest BCUT2D eigenvalue weighted by molar-refractivity contribution is -0.122. The predicted octanol–water partition coefficient (Wildman–Crippen LogP) is 1.81. The average Bonchev–Trinajstić information content (AvgIpc) is 3.18. The second kappa shape index (κ2) is 5.95. The SMILES string of the molecule is O=C(Cn1cc2c(n1)CCCC2)NCc1ccc2c(c1)OCO2. The molecule has 0 bridgehead atoms. The van der Waals surface area contributed by atoms with Crippen molar-refractivity contribution in [3.63, 3.8) is 0 Å². The van der Waals surface area contributed by atoms with Gasteiger partial charge in [0.05, 0.1) is 5.69 Å². The molecule has 0 radical (unpaired) electrons. The fourth-order valence-electron chi connectivity index (χ4n) is 3.07. The third-order valence-corrected chi connectivity index (χ3v) is 4.27. The van der Waals surface area contributed by atoms with Gasteiger partial charge in [-0.1, -0.05) is 6.07 Å². The molecule has 6 heteroatoms. The number of aryl methyl sites for hydroxylation is 2. The van der Waals surface area contributed by atoms with E-state index in [1.165, 1.54) is 18.4 Å². The van der Waals surface area contributed by atoms with Crippen molar-refractivity contribution < 1.29 is 14.3 Å². The minimum atomic E-state index is -0.0393. The van der Waals surface area contributed by atoms with Gasteiger partial charge in [-0.3, -0.25) is 9.48 Å². The Balaban J connectivity index is 1.34. The molecular formula is C17H19N3O3. The zero-order valence-electron chi connectivity index (χ0n) is 12.9. The van der Waals surface area contributed by atoms with Gasteiger partial charge in [0.25, 0.3) is 0 Å². The van der Waals surface area contributed by atoms with Crippen molar-refractivity contribution in [2.24, 2.45) is 0 Å². The second-order valence-corrected chi connectivity index (χ2v) is 5.97. The fourth-order valence-corrected chi connectivity index (χ4v) is 3.07. The number of carbonyl (C=O) groups is 1. The van der Waals surface area contributed by atoms with E-state index in [4.69, 9.17) is 9.47 Å². The van der Waals surface area contributed by atoms with Gasteiger partial charge in [-0.05, 0) is 48.9 Å². The lowest BCUT2D eigenvalue weighted by Crippen LogP contribution is -2.27. The van der Waals surface area contributed by atoms with Crippen molar-refractivity contribution in [3.8, 4) is 11.5 Å². The summed E-state index contributed by atoms with van der Waals surface area (Å²) in [5.41, 5.74) is 3.43. The quantitative estimate of drug-likeness (QED) is 0.935. The maximum atomic E-state index is 12.1. The number of ether oxygens (including phenoxy) is 2. The largest absolute Gasteiger partial charge is 0.454 e. The van der Waals surface area contributed by atoms with Gasteiger partial charge in [-0.2, -0.15) is 5.10 Å². The summed E-state index contributed by atoms with van der Waals surface area (Å²) in [5, 5.41) is 7.44. The van der Waals surface area contributed by atoms with Crippen molar-refractivity contribution in [1.82, 2.24) is 15.1 Å². The highest BCUT2D eigenvalue weighted by Gasteiger charge is 2.15. The van der Waals surface area contributed by atoms with Crippen LogP contribution in [0.15, 0.2) is 24.4 Å². The third kappa shape index (κ3) is 3.02. The first-order valence-electron chi connectivity index (χ1n) is 7.98. The third-order valence-electron chi connectivity index (χ3n) is 4.27. The van der Waals surface area contributed by atoms with E-state index in [-0.39, 0.29) is 19.2 Å². The van der Waals surface area contributed by atoms with Crippen LogP contribution in [-0.2, 0) is 30.7 Å². The summed E-state index contributed by atoms with van der Waals surface area (Å²) < 4.78 is 12.4. The molecule has 1 N–H and O–H groups in total. The van der Waals surface area contributed by atoms with Crippen LogP contribution in [0.2, 0.25) is 0 Å². The highest BCUT2D eigenvalue weighted by molar-refractivity contribution is 5.75. The number of benzene rings is 1. The number of nitrogens with zero attached hydrogens (tertiary/aromatic N) is 2. The van der Waals surface area contributed by atoms with Gasteiger partial charge in [0.1, 0.15) is 6.54 Å². The lowest BCUT2D eigenvalue weighted by Gasteiger charge is -2.07. The Labute approximate surface area is 134 Å². The number of carbonyl (C=O) groups excluding carboxylic acids is 1. The predicted molar refractivity (Wildman–Crippen MR) is 83.3 cm³/mol. The average molecular weight is 313 g/mol. The number of aromatic nitrogens is 2. The molecule has 1 aromatic carbocycles. The molecule has 120 valence electrons. The smallest absolute Gasteiger partial charge is 0.241 e. The van der Waals surface area contributed by atoms with Gasteiger partial charge in [0.15, 0.2) is 11.5 Å². The molecule has 2 heterocycles. The molecule has 1 amide bonds. The van der Waals surface area contributed by atoms with E-state index >= 15 is 0 Å². The molecule has 0 saturated heterocycles. The van der Waals surface area contributed by atoms with Gasteiger partial charge in [-0.25, -0.2) is 0 Å². The molecular weight excluding hydrogens is 294 g/mol. The van der Waals surface area contributed by atoms with Crippen molar-refractivity contribution in [1.29, 1.82) is 0 Å².